The topological polar surface area (TPSA) is 830 Å². The number of likely N-dealkylation sites (tertiary alicyclic amines) is 1. The molecule has 3 rings (SSSR count). The second kappa shape index (κ2) is 57.2. The number of rotatable bonds is 59. The summed E-state index contributed by atoms with van der Waals surface area (Å²) < 4.78 is -1.49. The Balaban J connectivity index is 1.92. The molecule has 0 radical (unpaired) electrons. The number of carboxylic acid groups (broad SMARTS) is 1. The van der Waals surface area contributed by atoms with Crippen LogP contribution in [0.3, 0.4) is 0 Å². The summed E-state index contributed by atoms with van der Waals surface area (Å²) in [7, 11) is 0. The highest BCUT2D eigenvalue weighted by molar-refractivity contribution is 7.81. The SMILES string of the molecule is CC[C@H](C)[C@H](NC(=O)[C@@H]1C[C@@H](O)CN1C(=O)[C@@H](N)C(C)C)C(=O)N[C@H](C(=O)N[C@@H](Cc1ccc(O)cc1)C(=O)N[C@H](C(=O)N[C@@H](CC(N)=O)C(=O)N[C@@H](CCCN=C(N)N)C(=O)N[C@@H](CCN)C(=O)N[C@H](C(=O)N[C@H](CCN)C(=O)N[C@@H](CCCCN)C(=O)N[C@@H](CCN)C(=O)N[C@@H](CCN)C(=O)N[C@@H](CS)C(=O)N[C@@H](Cc1ccc(O)cc1)C(=O)O)[C@@H](C)O)[C@@H](C)O)C(C)(C)S. The van der Waals surface area contributed by atoms with E-state index in [1.807, 2.05) is 0 Å². The number of nitrogens with two attached hydrogens (primary N) is 9. The first-order chi connectivity index (χ1) is 62.0. The maximum absolute atomic E-state index is 14.7. The van der Waals surface area contributed by atoms with E-state index in [2.05, 4.69) is 105 Å². The molecule has 0 unspecified atom stereocenters. The van der Waals surface area contributed by atoms with E-state index in [1.54, 1.807) is 27.7 Å². The zero-order valence-corrected chi connectivity index (χ0v) is 77.2. The smallest absolute Gasteiger partial charge is 0.326 e. The molecule has 16 amide bonds. The second-order valence-corrected chi connectivity index (χ2v) is 34.7. The summed E-state index contributed by atoms with van der Waals surface area (Å²) in [4.78, 5) is 244. The molecule has 0 aromatic heterocycles. The number of hydrogen-bond acceptors (Lipinski definition) is 31. The molecule has 1 heterocycles. The van der Waals surface area contributed by atoms with Gasteiger partial charge in [0.15, 0.2) is 5.96 Å². The molecular weight excluding hydrogens is 1770 g/mol. The number of nitrogens with zero attached hydrogens (tertiary/aromatic N) is 2. The molecule has 1 aliphatic rings. The molecular formula is C82H137N25O23S2. The maximum atomic E-state index is 14.7. The predicted octanol–water partition coefficient (Wildman–Crippen LogP) is -10.4. The summed E-state index contributed by atoms with van der Waals surface area (Å²) in [5.41, 5.74) is 53.0. The Morgan fingerprint density at radius 1 is 0.462 bits per heavy atom. The number of aromatic hydroxyl groups is 2. The third-order valence-corrected chi connectivity index (χ3v) is 22.0. The fourth-order valence-corrected chi connectivity index (χ4v) is 14.0. The number of carbonyl (C=O) groups excluding carboxylic acids is 16. The van der Waals surface area contributed by atoms with Crippen LogP contribution >= 0.6 is 25.3 Å². The van der Waals surface area contributed by atoms with E-state index in [-0.39, 0.29) is 138 Å². The zero-order chi connectivity index (χ0) is 99.7. The number of aliphatic imine (C=N–C) groups is 1. The quantitative estimate of drug-likeness (QED) is 0.0127. The molecule has 740 valence electrons. The first-order valence-electron chi connectivity index (χ1n) is 43.3. The van der Waals surface area contributed by atoms with Gasteiger partial charge in [-0.25, -0.2) is 4.79 Å². The number of nitrogens with one attached hydrogen (secondary N) is 14. The van der Waals surface area contributed by atoms with Gasteiger partial charge in [-0.05, 0) is 165 Å². The highest BCUT2D eigenvalue weighted by atomic mass is 32.1. The van der Waals surface area contributed by atoms with Crippen LogP contribution in [-0.4, -0.2) is 313 Å². The third-order valence-electron chi connectivity index (χ3n) is 21.4. The molecule has 0 saturated carbocycles. The average molecular weight is 1910 g/mol. The number of amides is 16. The number of hydrogen-bond donors (Lipinski definition) is 31. The van der Waals surface area contributed by atoms with Crippen molar-refractivity contribution >= 4 is 132 Å². The molecule has 20 atom stereocenters. The standard InChI is InChI=1S/C82H137N25O23S2/c1-9-40(4)61(103-74(123)58-35-47(112)37-107(58)79(128)60(89)39(2)3)75(124)106-64(82(7,8)132)78(127)100-54(33-43-15-19-45(110)20-16-43)72(121)105-63(42(6)109)77(126)99-55(36-59(88)113)71(120)94-49(14-12-32-92-81(90)91)66(115)97-53(26-31-87)70(119)104-62(41(5)108)76(125)98-52(25-30-86)68(117)93-48(13-10-11-27-83)65(114)95-50(23-28-84)67(116)96-51(24-29-85)69(118)102-57(38-131)73(122)101-56(80(129)130)34-44-17-21-46(111)22-18-44/h15-22,39-42,47-58,60-64,108-112,131-132H,9-14,23-38,83-87,89H2,1-8H3,(H2,88,113)(H,93,117)(H,94,120)(H,95,114)(H,96,116)(H,97,115)(H,98,125)(H,99,126)(H,100,127)(H,101,122)(H,102,118)(H,103,123)(H,104,119)(H,105,121)(H,106,124)(H,129,130)(H4,90,91,92)/t40-,41+,42+,47+,48-,49-,50-,51-,52+,53-,54-,55-,56-,57-,58-,60-,61-,62-,63-,64+/m0/s1. The lowest BCUT2D eigenvalue weighted by molar-refractivity contribution is -0.142. The minimum Gasteiger partial charge on any atom is -0.508 e. The number of phenols is 2. The lowest BCUT2D eigenvalue weighted by Gasteiger charge is -2.34. The number of carboxylic acids is 1. The van der Waals surface area contributed by atoms with Crippen molar-refractivity contribution in [3.63, 3.8) is 0 Å². The van der Waals surface area contributed by atoms with E-state index in [9.17, 15) is 112 Å². The summed E-state index contributed by atoms with van der Waals surface area (Å²) in [6.45, 7) is 10.4. The van der Waals surface area contributed by atoms with E-state index < -0.39 is 245 Å². The third kappa shape index (κ3) is 38.5. The normalized spacial score (nSPS) is 17.2. The second-order valence-electron chi connectivity index (χ2n) is 33.2. The summed E-state index contributed by atoms with van der Waals surface area (Å²) >= 11 is 8.80. The van der Waals surface area contributed by atoms with Gasteiger partial charge in [0.25, 0.3) is 0 Å². The van der Waals surface area contributed by atoms with Crippen molar-refractivity contribution in [2.75, 3.05) is 51.6 Å². The van der Waals surface area contributed by atoms with E-state index in [0.29, 0.717) is 18.4 Å². The average Bonchev–Trinajstić information content (AvgIpc) is 1.62. The molecule has 1 saturated heterocycles. The van der Waals surface area contributed by atoms with Gasteiger partial charge in [-0.3, -0.25) is 81.7 Å². The van der Waals surface area contributed by atoms with Crippen LogP contribution < -0.4 is 126 Å². The largest absolute Gasteiger partial charge is 0.508 e. The van der Waals surface area contributed by atoms with E-state index in [0.717, 1.165) is 18.7 Å². The van der Waals surface area contributed by atoms with Gasteiger partial charge in [0.1, 0.15) is 102 Å². The predicted molar refractivity (Wildman–Crippen MR) is 488 cm³/mol. The summed E-state index contributed by atoms with van der Waals surface area (Å²) in [6, 6.07) is -14.9. The lowest BCUT2D eigenvalue weighted by Crippen LogP contribution is -2.64. The van der Waals surface area contributed by atoms with Crippen LogP contribution in [0.2, 0.25) is 0 Å². The van der Waals surface area contributed by atoms with Gasteiger partial charge in [0.05, 0.1) is 30.8 Å². The highest BCUT2D eigenvalue weighted by Gasteiger charge is 2.46. The van der Waals surface area contributed by atoms with E-state index in [4.69, 9.17) is 51.6 Å². The molecule has 0 spiro atoms. The Labute approximate surface area is 775 Å². The van der Waals surface area contributed by atoms with Crippen LogP contribution in [0, 0.1) is 11.8 Å². The van der Waals surface area contributed by atoms with Crippen LogP contribution in [0.5, 0.6) is 11.5 Å². The fraction of sp³-hybridized carbons (Fsp3) is 0.634. The van der Waals surface area contributed by atoms with Crippen molar-refractivity contribution in [1.29, 1.82) is 0 Å². The Hall–Kier alpha value is -11.4. The number of β-amino-alcohol motifs (C(OH)–C–C–N with tert-alkyl or cyclic N) is 1. The molecule has 48 nitrogen and oxygen atoms in total. The van der Waals surface area contributed by atoms with Crippen LogP contribution in [0.15, 0.2) is 53.5 Å². The van der Waals surface area contributed by atoms with E-state index in [1.165, 1.54) is 62.4 Å². The summed E-state index contributed by atoms with van der Waals surface area (Å²) in [5.74, 6) is -20.4. The van der Waals surface area contributed by atoms with Crippen LogP contribution in [-0.2, 0) is 94.3 Å². The van der Waals surface area contributed by atoms with Crippen LogP contribution in [0.4, 0.5) is 0 Å². The molecule has 2 aromatic carbocycles. The van der Waals surface area contributed by atoms with Gasteiger partial charge in [-0.15, -0.1) is 0 Å². The van der Waals surface area contributed by atoms with Crippen molar-refractivity contribution in [3.8, 4) is 11.5 Å². The number of aliphatic hydroxyl groups excluding tert-OH is 3. The van der Waals surface area contributed by atoms with Gasteiger partial charge >= 0.3 is 5.97 Å². The minimum absolute atomic E-state index is 0.0835. The van der Waals surface area contributed by atoms with Crippen molar-refractivity contribution in [1.82, 2.24) is 79.3 Å². The number of phenolic OH excluding ortho intramolecular Hbond substituents is 2. The monoisotopic (exact) mass is 1900 g/mol. The molecule has 1 aliphatic heterocycles. The Bertz CT molecular complexity index is 4230. The van der Waals surface area contributed by atoms with Gasteiger partial charge in [0, 0.05) is 42.9 Å². The van der Waals surface area contributed by atoms with Gasteiger partial charge in [-0.1, -0.05) is 58.4 Å². The van der Waals surface area contributed by atoms with Crippen molar-refractivity contribution in [2.24, 2.45) is 68.4 Å². The number of aliphatic carboxylic acids is 1. The molecule has 132 heavy (non-hydrogen) atoms. The number of guanidine groups is 1. The molecule has 38 N–H and O–H groups in total. The lowest BCUT2D eigenvalue weighted by atomic mass is 9.95. The van der Waals surface area contributed by atoms with Gasteiger partial charge in [0.2, 0.25) is 94.5 Å². The summed E-state index contributed by atoms with van der Waals surface area (Å²) in [5, 5.41) is 97.0. The molecule has 0 bridgehead atoms. The number of primary amides is 1. The molecule has 1 fully saturated rings. The van der Waals surface area contributed by atoms with E-state index >= 15 is 0 Å². The van der Waals surface area contributed by atoms with Crippen LogP contribution in [0.1, 0.15) is 144 Å². The van der Waals surface area contributed by atoms with Crippen LogP contribution in [0.25, 0.3) is 0 Å². The van der Waals surface area contributed by atoms with Gasteiger partial charge in [-0.2, -0.15) is 25.3 Å². The number of carbonyl (C=O) groups is 17. The van der Waals surface area contributed by atoms with Crippen molar-refractivity contribution in [3.05, 3.63) is 59.7 Å². The molecule has 2 aromatic rings. The Kier molecular flexibility index (Phi) is 49.7. The molecule has 0 aliphatic carbocycles. The van der Waals surface area contributed by atoms with Crippen molar-refractivity contribution in [2.45, 2.75) is 265 Å². The maximum Gasteiger partial charge on any atom is 0.326 e. The van der Waals surface area contributed by atoms with Crippen molar-refractivity contribution < 1.29 is 112 Å². The first kappa shape index (κ1) is 115. The minimum atomic E-state index is -2.07. The van der Waals surface area contributed by atoms with Gasteiger partial charge < -0.3 is 162 Å². The molecule has 50 heteroatoms. The number of unbranched alkanes of at least 4 members (excludes halogenated alkanes) is 1. The fourth-order valence-electron chi connectivity index (χ4n) is 13.6. The summed E-state index contributed by atoms with van der Waals surface area (Å²) in [6.07, 6.45) is -7.73. The first-order valence-corrected chi connectivity index (χ1v) is 44.4. The Morgan fingerprint density at radius 2 is 0.818 bits per heavy atom. The number of aliphatic hydroxyl groups is 3. The number of thiol groups is 2. The highest BCUT2D eigenvalue weighted by Crippen LogP contribution is 2.25. The Morgan fingerprint density at radius 3 is 1.20 bits per heavy atom. The number of benzene rings is 2. The zero-order valence-electron chi connectivity index (χ0n) is 75.4.